The summed E-state index contributed by atoms with van der Waals surface area (Å²) in [4.78, 5) is 29.8. The molecule has 3 atom stereocenters. The molecule has 6 nitrogen and oxygen atoms in total. The lowest BCUT2D eigenvalue weighted by Gasteiger charge is -2.42. The van der Waals surface area contributed by atoms with Crippen LogP contribution in [0.5, 0.6) is 5.75 Å². The minimum Gasteiger partial charge on any atom is -0.476 e. The zero-order chi connectivity index (χ0) is 28.8. The van der Waals surface area contributed by atoms with Gasteiger partial charge in [-0.1, -0.05) is 36.4 Å². The number of carbonyl (C=O) groups is 2. The van der Waals surface area contributed by atoms with Gasteiger partial charge in [-0.15, -0.1) is 0 Å². The molecule has 214 valence electrons. The van der Waals surface area contributed by atoms with Gasteiger partial charge in [0.25, 0.3) is 5.91 Å². The van der Waals surface area contributed by atoms with Crippen LogP contribution in [0.4, 0.5) is 26.3 Å². The molecule has 1 N–H and O–H groups in total. The normalized spacial score (nSPS) is 26.1. The topological polar surface area (TPSA) is 61.6 Å². The average molecular weight is 568 g/mol. The van der Waals surface area contributed by atoms with E-state index in [1.54, 1.807) is 0 Å². The van der Waals surface area contributed by atoms with Gasteiger partial charge in [0.05, 0.1) is 17.7 Å². The fourth-order valence-electron chi connectivity index (χ4n) is 5.59. The Morgan fingerprint density at radius 1 is 0.925 bits per heavy atom. The van der Waals surface area contributed by atoms with Gasteiger partial charge >= 0.3 is 12.4 Å². The Bertz CT molecular complexity index is 1300. The fourth-order valence-corrected chi connectivity index (χ4v) is 5.59. The number of hydrogen-bond donors (Lipinski definition) is 1. The molecule has 0 aliphatic carbocycles. The summed E-state index contributed by atoms with van der Waals surface area (Å²) >= 11 is 0. The highest BCUT2D eigenvalue weighted by Crippen LogP contribution is 2.52. The van der Waals surface area contributed by atoms with Crippen LogP contribution in [-0.2, 0) is 22.2 Å². The first kappa shape index (κ1) is 28.0. The number of piperidine rings is 1. The van der Waals surface area contributed by atoms with Crippen LogP contribution in [0.25, 0.3) is 0 Å². The molecule has 2 amide bonds. The number of amides is 2. The molecular formula is C28H27F6N3O3. The predicted octanol–water partition coefficient (Wildman–Crippen LogP) is 4.36. The zero-order valence-corrected chi connectivity index (χ0v) is 21.3. The third-order valence-electron chi connectivity index (χ3n) is 7.67. The van der Waals surface area contributed by atoms with E-state index in [1.807, 2.05) is 30.3 Å². The summed E-state index contributed by atoms with van der Waals surface area (Å²) in [6, 6.07) is 13.1. The van der Waals surface area contributed by atoms with Gasteiger partial charge in [-0.2, -0.15) is 26.3 Å². The minimum atomic E-state index is -4.68. The van der Waals surface area contributed by atoms with E-state index in [1.165, 1.54) is 9.80 Å². The van der Waals surface area contributed by atoms with E-state index in [-0.39, 0.29) is 51.3 Å². The summed E-state index contributed by atoms with van der Waals surface area (Å²) in [5, 5.41) is 2.80. The summed E-state index contributed by atoms with van der Waals surface area (Å²) in [5.74, 6) is -1.38. The summed E-state index contributed by atoms with van der Waals surface area (Å²) in [6.45, 7) is -0.0708. The number of benzene rings is 2. The van der Waals surface area contributed by atoms with Crippen molar-refractivity contribution in [1.29, 1.82) is 0 Å². The zero-order valence-electron chi connectivity index (χ0n) is 21.3. The van der Waals surface area contributed by atoms with Crippen molar-refractivity contribution in [1.82, 2.24) is 15.1 Å². The molecule has 5 rings (SSSR count). The second-order valence-electron chi connectivity index (χ2n) is 10.3. The standard InChI is InChI=1S/C28H27F6N3O3/c29-27(30,31)20-7-9-21(10-8-20)40-25(23(38)35-14-11-19-5-2-1-3-6-19)13-4-15-36(17-25)24(39)26-18-37(26)16-12-22(26)28(32,33)34/h1-3,5-10,12H,4,11,13-18H2,(H,35,38). The SMILES string of the molecule is O=C(NCCc1ccccc1)C1(Oc2ccc(C(F)(F)F)cc2)CCCN(C(=O)C23CN2CC=C3C(F)(F)F)C1. The first-order valence-corrected chi connectivity index (χ1v) is 12.9. The van der Waals surface area contributed by atoms with Crippen molar-refractivity contribution in [2.45, 2.75) is 42.8 Å². The van der Waals surface area contributed by atoms with Crippen molar-refractivity contribution in [2.24, 2.45) is 0 Å². The molecule has 0 saturated carbocycles. The number of rotatable bonds is 7. The van der Waals surface area contributed by atoms with Crippen LogP contribution >= 0.6 is 0 Å². The molecule has 2 aromatic rings. The number of alkyl halides is 6. The number of likely N-dealkylation sites (tertiary alicyclic amines) is 1. The third-order valence-corrected chi connectivity index (χ3v) is 7.67. The first-order chi connectivity index (χ1) is 18.8. The quantitative estimate of drug-likeness (QED) is 0.307. The van der Waals surface area contributed by atoms with Crippen LogP contribution in [0.1, 0.15) is 24.0 Å². The molecule has 0 aromatic heterocycles. The Morgan fingerprint density at radius 2 is 1.62 bits per heavy atom. The molecule has 3 aliphatic rings. The Morgan fingerprint density at radius 3 is 2.25 bits per heavy atom. The van der Waals surface area contributed by atoms with Crippen LogP contribution in [0.2, 0.25) is 0 Å². The van der Waals surface area contributed by atoms with Gasteiger partial charge < -0.3 is 15.0 Å². The van der Waals surface area contributed by atoms with Gasteiger partial charge in [0.2, 0.25) is 11.5 Å². The molecule has 2 saturated heterocycles. The van der Waals surface area contributed by atoms with Crippen molar-refractivity contribution in [3.63, 3.8) is 0 Å². The monoisotopic (exact) mass is 567 g/mol. The van der Waals surface area contributed by atoms with E-state index < -0.39 is 46.4 Å². The van der Waals surface area contributed by atoms with E-state index in [0.29, 0.717) is 6.42 Å². The Hall–Kier alpha value is -3.54. The minimum absolute atomic E-state index is 0.00158. The van der Waals surface area contributed by atoms with Gasteiger partial charge in [0.1, 0.15) is 11.3 Å². The summed E-state index contributed by atoms with van der Waals surface area (Å²) in [5.41, 5.74) is -4.36. The predicted molar refractivity (Wildman–Crippen MR) is 132 cm³/mol. The van der Waals surface area contributed by atoms with Gasteiger partial charge in [0.15, 0.2) is 0 Å². The van der Waals surface area contributed by atoms with Crippen LogP contribution in [0, 0.1) is 0 Å². The van der Waals surface area contributed by atoms with Gasteiger partial charge in [0, 0.05) is 26.2 Å². The number of nitrogens with one attached hydrogen (secondary N) is 1. The van der Waals surface area contributed by atoms with Crippen LogP contribution in [-0.4, -0.2) is 71.7 Å². The molecule has 12 heteroatoms. The summed E-state index contributed by atoms with van der Waals surface area (Å²) in [7, 11) is 0. The van der Waals surface area contributed by atoms with Gasteiger partial charge in [-0.3, -0.25) is 14.5 Å². The lowest BCUT2D eigenvalue weighted by molar-refractivity contribution is -0.151. The maximum absolute atomic E-state index is 13.7. The number of nitrogens with zero attached hydrogens (tertiary/aromatic N) is 2. The van der Waals surface area contributed by atoms with E-state index in [2.05, 4.69) is 5.32 Å². The van der Waals surface area contributed by atoms with Crippen LogP contribution in [0.15, 0.2) is 66.2 Å². The second-order valence-corrected chi connectivity index (χ2v) is 10.3. The fraction of sp³-hybridized carbons (Fsp3) is 0.429. The molecule has 40 heavy (non-hydrogen) atoms. The molecule has 2 fully saturated rings. The van der Waals surface area contributed by atoms with Crippen molar-refractivity contribution in [3.05, 3.63) is 77.4 Å². The Labute approximate surface area is 226 Å². The Balaban J connectivity index is 1.38. The largest absolute Gasteiger partial charge is 0.476 e. The Kier molecular flexibility index (Phi) is 7.10. The molecule has 3 heterocycles. The molecule has 0 spiro atoms. The molecule has 0 bridgehead atoms. The maximum atomic E-state index is 13.7. The summed E-state index contributed by atoms with van der Waals surface area (Å²) < 4.78 is 86.5. The first-order valence-electron chi connectivity index (χ1n) is 12.9. The summed E-state index contributed by atoms with van der Waals surface area (Å²) in [6.07, 6.45) is -7.39. The van der Waals surface area contributed by atoms with Crippen molar-refractivity contribution in [2.75, 3.05) is 32.7 Å². The molecule has 3 unspecified atom stereocenters. The third kappa shape index (κ3) is 5.28. The van der Waals surface area contributed by atoms with E-state index in [0.717, 1.165) is 35.9 Å². The lowest BCUT2D eigenvalue weighted by Crippen LogP contribution is -2.63. The van der Waals surface area contributed by atoms with E-state index in [9.17, 15) is 35.9 Å². The highest BCUT2D eigenvalue weighted by atomic mass is 19.4. The highest BCUT2D eigenvalue weighted by molar-refractivity contribution is 5.96. The number of halogens is 6. The van der Waals surface area contributed by atoms with Gasteiger partial charge in [-0.25, -0.2) is 0 Å². The van der Waals surface area contributed by atoms with Crippen LogP contribution in [0.3, 0.4) is 0 Å². The van der Waals surface area contributed by atoms with E-state index in [4.69, 9.17) is 4.74 Å². The van der Waals surface area contributed by atoms with Crippen LogP contribution < -0.4 is 10.1 Å². The number of fused-ring (bicyclic) bond motifs is 1. The van der Waals surface area contributed by atoms with Gasteiger partial charge in [-0.05, 0) is 49.1 Å². The number of carbonyl (C=O) groups excluding carboxylic acids is 2. The smallest absolute Gasteiger partial charge is 0.416 e. The number of hydrogen-bond acceptors (Lipinski definition) is 4. The molecule has 3 aliphatic heterocycles. The lowest BCUT2D eigenvalue weighted by atomic mass is 9.89. The maximum Gasteiger partial charge on any atom is 0.416 e. The second kappa shape index (κ2) is 10.1. The average Bonchev–Trinajstić information content (AvgIpc) is 3.50. The molecule has 0 radical (unpaired) electrons. The van der Waals surface area contributed by atoms with Crippen molar-refractivity contribution < 1.29 is 40.7 Å². The molecule has 2 aromatic carbocycles. The highest BCUT2D eigenvalue weighted by Gasteiger charge is 2.70. The van der Waals surface area contributed by atoms with E-state index >= 15 is 0 Å². The number of ether oxygens (including phenoxy) is 1. The van der Waals surface area contributed by atoms with Crippen molar-refractivity contribution >= 4 is 11.8 Å². The van der Waals surface area contributed by atoms with Crippen molar-refractivity contribution in [3.8, 4) is 5.75 Å². The molecular weight excluding hydrogens is 540 g/mol.